The van der Waals surface area contributed by atoms with E-state index in [1.165, 1.54) is 16.7 Å². The fourth-order valence-electron chi connectivity index (χ4n) is 3.40. The molecule has 0 radical (unpaired) electrons. The standard InChI is InChI=1S/C23H23F2N3O4S/c1-28-13-18(20(12-23(28)29)27-16-4-5-16)17-10-14(8-9-26-33(30)31)2-6-21(17)32-22-7-3-15(24)11-19(22)25/h2-3,6-7,10-13,16,26-27H,4-5,8-9H2,1H3,(H,30,31)/p-1. The quantitative estimate of drug-likeness (QED) is 0.462. The number of hydrogen-bond donors (Lipinski definition) is 2. The fourth-order valence-corrected chi connectivity index (χ4v) is 3.67. The number of ether oxygens (including phenoxy) is 1. The van der Waals surface area contributed by atoms with Crippen molar-refractivity contribution < 1.29 is 22.3 Å². The Morgan fingerprint density at radius 1 is 1.12 bits per heavy atom. The first kappa shape index (κ1) is 23.1. The van der Waals surface area contributed by atoms with E-state index in [-0.39, 0.29) is 23.9 Å². The van der Waals surface area contributed by atoms with Crippen molar-refractivity contribution in [2.75, 3.05) is 11.9 Å². The molecular formula is C23H22F2N3O4S-. The number of nitrogens with one attached hydrogen (secondary N) is 2. The molecule has 1 aromatic heterocycles. The molecule has 1 aliphatic carbocycles. The van der Waals surface area contributed by atoms with Crippen molar-refractivity contribution in [3.63, 3.8) is 0 Å². The second-order valence-corrected chi connectivity index (χ2v) is 8.61. The van der Waals surface area contributed by atoms with Crippen LogP contribution in [0.15, 0.2) is 53.5 Å². The van der Waals surface area contributed by atoms with Crippen molar-refractivity contribution in [1.29, 1.82) is 0 Å². The Labute approximate surface area is 191 Å². The molecule has 1 atom stereocenters. The molecule has 0 amide bonds. The average molecular weight is 475 g/mol. The van der Waals surface area contributed by atoms with Crippen LogP contribution in [-0.4, -0.2) is 25.9 Å². The summed E-state index contributed by atoms with van der Waals surface area (Å²) in [5.41, 5.74) is 2.50. The van der Waals surface area contributed by atoms with Gasteiger partial charge in [0, 0.05) is 66.0 Å². The lowest BCUT2D eigenvalue weighted by Gasteiger charge is -2.18. The van der Waals surface area contributed by atoms with Gasteiger partial charge in [-0.2, -0.15) is 0 Å². The van der Waals surface area contributed by atoms with Gasteiger partial charge in [-0.25, -0.2) is 13.5 Å². The first-order valence-corrected chi connectivity index (χ1v) is 11.4. The maximum Gasteiger partial charge on any atom is 0.252 e. The Hall–Kier alpha value is -3.08. The molecule has 7 nitrogen and oxygen atoms in total. The SMILES string of the molecule is Cn1cc(-c2cc(CCNS(=O)[O-])ccc2Oc2ccc(F)cc2F)c(NC2CC2)cc1=O. The van der Waals surface area contributed by atoms with Gasteiger partial charge in [0.25, 0.3) is 5.56 Å². The first-order valence-electron chi connectivity index (χ1n) is 10.4. The molecule has 1 fully saturated rings. The zero-order valence-electron chi connectivity index (χ0n) is 17.8. The molecule has 0 aliphatic heterocycles. The summed E-state index contributed by atoms with van der Waals surface area (Å²) in [6.45, 7) is 0.197. The van der Waals surface area contributed by atoms with Gasteiger partial charge in [-0.3, -0.25) is 9.00 Å². The Bertz CT molecular complexity index is 1260. The molecule has 1 heterocycles. The minimum atomic E-state index is -2.37. The first-order chi connectivity index (χ1) is 15.8. The van der Waals surface area contributed by atoms with Gasteiger partial charge in [-0.15, -0.1) is 0 Å². The van der Waals surface area contributed by atoms with Crippen molar-refractivity contribution in [2.45, 2.75) is 25.3 Å². The highest BCUT2D eigenvalue weighted by Crippen LogP contribution is 2.39. The van der Waals surface area contributed by atoms with Crippen molar-refractivity contribution in [1.82, 2.24) is 9.29 Å². The molecule has 33 heavy (non-hydrogen) atoms. The minimum absolute atomic E-state index is 0.143. The Morgan fingerprint density at radius 2 is 1.88 bits per heavy atom. The van der Waals surface area contributed by atoms with Crippen molar-refractivity contribution >= 4 is 17.0 Å². The Kier molecular flexibility index (Phi) is 6.87. The van der Waals surface area contributed by atoms with Crippen LogP contribution in [0.3, 0.4) is 0 Å². The maximum atomic E-state index is 14.3. The highest BCUT2D eigenvalue weighted by molar-refractivity contribution is 7.77. The van der Waals surface area contributed by atoms with Crippen LogP contribution in [0.1, 0.15) is 18.4 Å². The van der Waals surface area contributed by atoms with Crippen molar-refractivity contribution in [2.24, 2.45) is 7.05 Å². The van der Waals surface area contributed by atoms with Crippen molar-refractivity contribution in [3.8, 4) is 22.6 Å². The van der Waals surface area contributed by atoms with E-state index < -0.39 is 22.9 Å². The Morgan fingerprint density at radius 3 is 2.58 bits per heavy atom. The number of aryl methyl sites for hydroxylation is 1. The van der Waals surface area contributed by atoms with E-state index in [2.05, 4.69) is 10.0 Å². The normalized spacial score (nSPS) is 14.2. The lowest BCUT2D eigenvalue weighted by atomic mass is 10.00. The number of halogens is 2. The molecule has 10 heteroatoms. The minimum Gasteiger partial charge on any atom is -0.760 e. The van der Waals surface area contributed by atoms with Gasteiger partial charge in [0.15, 0.2) is 11.6 Å². The molecule has 4 rings (SSSR count). The number of benzene rings is 2. The number of hydrogen-bond acceptors (Lipinski definition) is 5. The molecule has 174 valence electrons. The average Bonchev–Trinajstić information content (AvgIpc) is 3.57. The van der Waals surface area contributed by atoms with Gasteiger partial charge in [0.05, 0.1) is 0 Å². The fraction of sp³-hybridized carbons (Fsp3) is 0.261. The van der Waals surface area contributed by atoms with Crippen LogP contribution >= 0.6 is 0 Å². The number of anilines is 1. The van der Waals surface area contributed by atoms with Gasteiger partial charge >= 0.3 is 0 Å². The lowest BCUT2D eigenvalue weighted by molar-refractivity contribution is 0.439. The molecule has 2 aromatic carbocycles. The number of nitrogens with zero attached hydrogens (tertiary/aromatic N) is 1. The van der Waals surface area contributed by atoms with E-state index in [4.69, 9.17) is 4.74 Å². The van der Waals surface area contributed by atoms with Crippen LogP contribution in [-0.2, 0) is 24.7 Å². The van der Waals surface area contributed by atoms with Gasteiger partial charge in [-0.1, -0.05) is 6.07 Å². The molecule has 1 aliphatic rings. The van der Waals surface area contributed by atoms with Crippen LogP contribution < -0.4 is 20.3 Å². The highest BCUT2D eigenvalue weighted by atomic mass is 32.2. The number of rotatable bonds is 9. The lowest BCUT2D eigenvalue weighted by Crippen LogP contribution is -2.19. The second kappa shape index (κ2) is 9.82. The van der Waals surface area contributed by atoms with Gasteiger partial charge < -0.3 is 19.2 Å². The smallest absolute Gasteiger partial charge is 0.252 e. The molecule has 1 saturated carbocycles. The van der Waals surface area contributed by atoms with Gasteiger partial charge in [0.1, 0.15) is 11.6 Å². The Balaban J connectivity index is 1.78. The largest absolute Gasteiger partial charge is 0.760 e. The second-order valence-electron chi connectivity index (χ2n) is 7.85. The summed E-state index contributed by atoms with van der Waals surface area (Å²) in [5, 5.41) is 3.35. The third kappa shape index (κ3) is 5.84. The van der Waals surface area contributed by atoms with Gasteiger partial charge in [0.2, 0.25) is 0 Å². The topological polar surface area (TPSA) is 95.4 Å². The van der Waals surface area contributed by atoms with Gasteiger partial charge in [-0.05, 0) is 49.1 Å². The zero-order chi connectivity index (χ0) is 23.5. The maximum absolute atomic E-state index is 14.3. The van der Waals surface area contributed by atoms with E-state index >= 15 is 0 Å². The van der Waals surface area contributed by atoms with E-state index in [0.29, 0.717) is 29.0 Å². The summed E-state index contributed by atoms with van der Waals surface area (Å²) in [6.07, 6.45) is 4.07. The highest BCUT2D eigenvalue weighted by Gasteiger charge is 2.24. The number of pyridine rings is 1. The molecule has 2 N–H and O–H groups in total. The third-order valence-electron chi connectivity index (χ3n) is 5.25. The summed E-state index contributed by atoms with van der Waals surface area (Å²) in [5.74, 6) is -1.39. The van der Waals surface area contributed by atoms with Crippen LogP contribution in [0.2, 0.25) is 0 Å². The predicted octanol–water partition coefficient (Wildman–Crippen LogP) is 3.62. The van der Waals surface area contributed by atoms with E-state index in [1.54, 1.807) is 25.4 Å². The van der Waals surface area contributed by atoms with Crippen LogP contribution in [0, 0.1) is 11.6 Å². The third-order valence-corrected chi connectivity index (χ3v) is 5.69. The van der Waals surface area contributed by atoms with E-state index in [9.17, 15) is 22.3 Å². The number of aromatic nitrogens is 1. The van der Waals surface area contributed by atoms with E-state index in [1.807, 2.05) is 6.07 Å². The summed E-state index contributed by atoms with van der Waals surface area (Å²) in [7, 11) is 1.63. The monoisotopic (exact) mass is 474 g/mol. The molecular weight excluding hydrogens is 452 g/mol. The van der Waals surface area contributed by atoms with Crippen molar-refractivity contribution in [3.05, 3.63) is 76.2 Å². The summed E-state index contributed by atoms with van der Waals surface area (Å²) in [6, 6.07) is 10.0. The van der Waals surface area contributed by atoms with Crippen LogP contribution in [0.25, 0.3) is 11.1 Å². The molecule has 0 saturated heterocycles. The van der Waals surface area contributed by atoms with Crippen LogP contribution in [0.4, 0.5) is 14.5 Å². The summed E-state index contributed by atoms with van der Waals surface area (Å²) >= 11 is -2.37. The molecule has 1 unspecified atom stereocenters. The summed E-state index contributed by atoms with van der Waals surface area (Å²) in [4.78, 5) is 12.3. The summed E-state index contributed by atoms with van der Waals surface area (Å²) < 4.78 is 58.8. The van der Waals surface area contributed by atoms with E-state index in [0.717, 1.165) is 30.5 Å². The molecule has 0 bridgehead atoms. The van der Waals surface area contributed by atoms with Crippen LogP contribution in [0.5, 0.6) is 11.5 Å². The predicted molar refractivity (Wildman–Crippen MR) is 121 cm³/mol. The molecule has 3 aromatic rings. The zero-order valence-corrected chi connectivity index (χ0v) is 18.6. The molecule has 0 spiro atoms.